The average Bonchev–Trinajstić information content (AvgIpc) is 3.54. The van der Waals surface area contributed by atoms with Gasteiger partial charge in [-0.1, -0.05) is 19.0 Å². The van der Waals surface area contributed by atoms with Crippen molar-refractivity contribution >= 4 is 17.6 Å². The molecule has 2 fully saturated rings. The van der Waals surface area contributed by atoms with Crippen molar-refractivity contribution in [3.63, 3.8) is 0 Å². The largest absolute Gasteiger partial charge is 0.361 e. The van der Waals surface area contributed by atoms with Gasteiger partial charge in [-0.25, -0.2) is 4.98 Å². The third kappa shape index (κ3) is 4.29. The third-order valence-electron chi connectivity index (χ3n) is 6.45. The molecule has 0 bridgehead atoms. The van der Waals surface area contributed by atoms with Crippen LogP contribution in [0, 0.1) is 5.41 Å². The maximum atomic E-state index is 13.3. The van der Waals surface area contributed by atoms with E-state index in [-0.39, 0.29) is 17.7 Å². The summed E-state index contributed by atoms with van der Waals surface area (Å²) in [6, 6.07) is 5.55. The zero-order valence-corrected chi connectivity index (χ0v) is 18.6. The number of carbonyl (C=O) groups excluding carboxylic acids is 2. The van der Waals surface area contributed by atoms with Gasteiger partial charge < -0.3 is 19.6 Å². The Hall–Kier alpha value is -2.90. The van der Waals surface area contributed by atoms with E-state index in [1.54, 1.807) is 24.2 Å². The van der Waals surface area contributed by atoms with E-state index in [1.165, 1.54) is 0 Å². The van der Waals surface area contributed by atoms with Crippen LogP contribution < -0.4 is 10.2 Å². The first-order valence-electron chi connectivity index (χ1n) is 11.1. The SMILES string of the molecule is CNC(=O)C1(Cc2cc(C(C)C)no2)CCN(C(=O)c2ccnc(N3CCCC3)c2)C1. The van der Waals surface area contributed by atoms with Crippen LogP contribution in [0.1, 0.15) is 60.8 Å². The number of nitrogens with zero attached hydrogens (tertiary/aromatic N) is 4. The lowest BCUT2D eigenvalue weighted by molar-refractivity contribution is -0.130. The average molecular weight is 426 g/mol. The maximum absolute atomic E-state index is 13.3. The second kappa shape index (κ2) is 8.69. The fourth-order valence-electron chi connectivity index (χ4n) is 4.59. The molecule has 1 atom stereocenters. The van der Waals surface area contributed by atoms with E-state index in [1.807, 2.05) is 12.1 Å². The molecule has 31 heavy (non-hydrogen) atoms. The molecule has 4 rings (SSSR count). The Morgan fingerprint density at radius 3 is 2.68 bits per heavy atom. The zero-order chi connectivity index (χ0) is 22.0. The minimum absolute atomic E-state index is 0.0611. The molecule has 0 spiro atoms. The Morgan fingerprint density at radius 2 is 2.00 bits per heavy atom. The highest BCUT2D eigenvalue weighted by molar-refractivity contribution is 5.96. The van der Waals surface area contributed by atoms with Crippen LogP contribution in [0.4, 0.5) is 5.82 Å². The summed E-state index contributed by atoms with van der Waals surface area (Å²) in [5.74, 6) is 1.66. The van der Waals surface area contributed by atoms with Crippen molar-refractivity contribution in [3.8, 4) is 0 Å². The fraction of sp³-hybridized carbons (Fsp3) is 0.565. The van der Waals surface area contributed by atoms with Crippen LogP contribution >= 0.6 is 0 Å². The summed E-state index contributed by atoms with van der Waals surface area (Å²) in [6.45, 7) is 6.94. The molecule has 2 saturated heterocycles. The molecule has 0 radical (unpaired) electrons. The summed E-state index contributed by atoms with van der Waals surface area (Å²) in [7, 11) is 1.64. The molecule has 0 saturated carbocycles. The first kappa shape index (κ1) is 21.3. The third-order valence-corrected chi connectivity index (χ3v) is 6.45. The Kier molecular flexibility index (Phi) is 5.98. The highest BCUT2D eigenvalue weighted by Crippen LogP contribution is 2.36. The lowest BCUT2D eigenvalue weighted by Crippen LogP contribution is -2.44. The minimum Gasteiger partial charge on any atom is -0.361 e. The van der Waals surface area contributed by atoms with Crippen molar-refractivity contribution in [2.75, 3.05) is 38.1 Å². The van der Waals surface area contributed by atoms with E-state index in [4.69, 9.17) is 4.52 Å². The molecule has 1 N–H and O–H groups in total. The van der Waals surface area contributed by atoms with Crippen molar-refractivity contribution in [2.24, 2.45) is 5.41 Å². The van der Waals surface area contributed by atoms with Gasteiger partial charge in [-0.15, -0.1) is 0 Å². The van der Waals surface area contributed by atoms with Gasteiger partial charge in [-0.05, 0) is 37.3 Å². The van der Waals surface area contributed by atoms with E-state index in [2.05, 4.69) is 34.2 Å². The minimum atomic E-state index is -0.719. The monoisotopic (exact) mass is 425 g/mol. The first-order chi connectivity index (χ1) is 14.9. The smallest absolute Gasteiger partial charge is 0.254 e. The number of carbonyl (C=O) groups is 2. The van der Waals surface area contributed by atoms with Crippen LogP contribution in [-0.2, 0) is 11.2 Å². The molecule has 8 nitrogen and oxygen atoms in total. The number of anilines is 1. The van der Waals surface area contributed by atoms with Crippen molar-refractivity contribution in [1.82, 2.24) is 20.4 Å². The van der Waals surface area contributed by atoms with Gasteiger partial charge in [0, 0.05) is 57.5 Å². The predicted octanol–water partition coefficient (Wildman–Crippen LogP) is 2.61. The molecular weight excluding hydrogens is 394 g/mol. The first-order valence-corrected chi connectivity index (χ1v) is 11.1. The van der Waals surface area contributed by atoms with Gasteiger partial charge in [0.25, 0.3) is 5.91 Å². The molecule has 2 aromatic rings. The number of rotatable bonds is 6. The summed E-state index contributed by atoms with van der Waals surface area (Å²) in [5.41, 5.74) is 0.772. The number of nitrogens with one attached hydrogen (secondary N) is 1. The van der Waals surface area contributed by atoms with Crippen LogP contribution in [-0.4, -0.2) is 60.1 Å². The Morgan fingerprint density at radius 1 is 1.23 bits per heavy atom. The molecule has 0 aromatic carbocycles. The molecule has 166 valence electrons. The molecular formula is C23H31N5O3. The topological polar surface area (TPSA) is 91.6 Å². The van der Waals surface area contributed by atoms with Gasteiger partial charge in [0.1, 0.15) is 11.6 Å². The van der Waals surface area contributed by atoms with Crippen LogP contribution in [0.3, 0.4) is 0 Å². The molecule has 2 aliphatic heterocycles. The second-order valence-electron chi connectivity index (χ2n) is 8.98. The van der Waals surface area contributed by atoms with E-state index >= 15 is 0 Å². The second-order valence-corrected chi connectivity index (χ2v) is 8.98. The highest BCUT2D eigenvalue weighted by Gasteiger charge is 2.46. The van der Waals surface area contributed by atoms with E-state index in [0.717, 1.165) is 37.4 Å². The molecule has 2 amide bonds. The Labute approximate surface area is 183 Å². The summed E-state index contributed by atoms with van der Waals surface area (Å²) < 4.78 is 5.51. The van der Waals surface area contributed by atoms with Gasteiger partial charge in [0.2, 0.25) is 5.91 Å². The van der Waals surface area contributed by atoms with Crippen molar-refractivity contribution < 1.29 is 14.1 Å². The molecule has 2 aromatic heterocycles. The lowest BCUT2D eigenvalue weighted by atomic mass is 9.81. The predicted molar refractivity (Wildman–Crippen MR) is 117 cm³/mol. The van der Waals surface area contributed by atoms with Gasteiger partial charge in [0.15, 0.2) is 0 Å². The summed E-state index contributed by atoms with van der Waals surface area (Å²) >= 11 is 0. The van der Waals surface area contributed by atoms with Crippen molar-refractivity contribution in [1.29, 1.82) is 0 Å². The van der Waals surface area contributed by atoms with E-state index in [0.29, 0.717) is 37.3 Å². The van der Waals surface area contributed by atoms with Gasteiger partial charge in [-0.2, -0.15) is 0 Å². The van der Waals surface area contributed by atoms with Crippen molar-refractivity contribution in [3.05, 3.63) is 41.4 Å². The summed E-state index contributed by atoms with van der Waals surface area (Å²) in [5, 5.41) is 6.91. The number of likely N-dealkylation sites (tertiary alicyclic amines) is 1. The normalized spacial score (nSPS) is 21.2. The number of hydrogen-bond acceptors (Lipinski definition) is 6. The summed E-state index contributed by atoms with van der Waals surface area (Å²) in [4.78, 5) is 34.6. The number of pyridine rings is 1. The van der Waals surface area contributed by atoms with Crippen LogP contribution in [0.15, 0.2) is 28.9 Å². The highest BCUT2D eigenvalue weighted by atomic mass is 16.5. The Bertz CT molecular complexity index is 950. The molecule has 0 aliphatic carbocycles. The summed E-state index contributed by atoms with van der Waals surface area (Å²) in [6.07, 6.45) is 5.01. The van der Waals surface area contributed by atoms with Crippen molar-refractivity contribution in [2.45, 2.75) is 45.4 Å². The lowest BCUT2D eigenvalue weighted by Gasteiger charge is -2.26. The molecule has 8 heteroatoms. The zero-order valence-electron chi connectivity index (χ0n) is 18.6. The quantitative estimate of drug-likeness (QED) is 0.765. The number of aromatic nitrogens is 2. The molecule has 2 aliphatic rings. The number of amides is 2. The van der Waals surface area contributed by atoms with E-state index in [9.17, 15) is 9.59 Å². The number of hydrogen-bond donors (Lipinski definition) is 1. The molecule has 4 heterocycles. The standard InChI is InChI=1S/C23H31N5O3/c1-16(2)19-13-18(31-26-19)14-23(22(30)24-3)7-11-28(15-23)21(29)17-6-8-25-20(12-17)27-9-4-5-10-27/h6,8,12-13,16H,4-5,7,9-11,14-15H2,1-3H3,(H,24,30). The fourth-order valence-corrected chi connectivity index (χ4v) is 4.59. The van der Waals surface area contributed by atoms with Gasteiger partial charge in [0.05, 0.1) is 11.1 Å². The van der Waals surface area contributed by atoms with Crippen LogP contribution in [0.25, 0.3) is 0 Å². The van der Waals surface area contributed by atoms with E-state index < -0.39 is 5.41 Å². The molecule has 1 unspecified atom stereocenters. The van der Waals surface area contributed by atoms with Gasteiger partial charge in [-0.3, -0.25) is 9.59 Å². The maximum Gasteiger partial charge on any atom is 0.254 e. The van der Waals surface area contributed by atoms with Crippen LogP contribution in [0.2, 0.25) is 0 Å². The van der Waals surface area contributed by atoms with Gasteiger partial charge >= 0.3 is 0 Å². The Balaban J connectivity index is 1.52. The van der Waals surface area contributed by atoms with Crippen LogP contribution in [0.5, 0.6) is 0 Å².